The van der Waals surface area contributed by atoms with E-state index in [1.165, 1.54) is 11.3 Å². The lowest BCUT2D eigenvalue weighted by Gasteiger charge is -2.55. The van der Waals surface area contributed by atoms with Crippen LogP contribution in [-0.2, 0) is 0 Å². The molecule has 1 aliphatic carbocycles. The van der Waals surface area contributed by atoms with Crippen molar-refractivity contribution in [1.29, 1.82) is 0 Å². The highest BCUT2D eigenvalue weighted by Gasteiger charge is 2.49. The molecule has 68 valence electrons. The fraction of sp³-hybridized carbons (Fsp3) is 0.500. The van der Waals surface area contributed by atoms with E-state index in [2.05, 4.69) is 43.4 Å². The Kier molecular flexibility index (Phi) is 1.30. The van der Waals surface area contributed by atoms with Gasteiger partial charge in [0.15, 0.2) is 0 Å². The fourth-order valence-electron chi connectivity index (χ4n) is 3.19. The van der Waals surface area contributed by atoms with Gasteiger partial charge in [-0.3, -0.25) is 0 Å². The van der Waals surface area contributed by atoms with Gasteiger partial charge in [-0.05, 0) is 29.4 Å². The van der Waals surface area contributed by atoms with E-state index in [4.69, 9.17) is 0 Å². The lowest BCUT2D eigenvalue weighted by molar-refractivity contribution is 0.135. The molecule has 0 radical (unpaired) electrons. The van der Waals surface area contributed by atoms with Crippen molar-refractivity contribution in [3.05, 3.63) is 29.8 Å². The van der Waals surface area contributed by atoms with Crippen LogP contribution < -0.4 is 5.32 Å². The second kappa shape index (κ2) is 2.28. The highest BCUT2D eigenvalue weighted by atomic mass is 15.0. The topological polar surface area (TPSA) is 12.0 Å². The molecule has 1 heteroatoms. The first-order valence-corrected chi connectivity index (χ1v) is 5.14. The van der Waals surface area contributed by atoms with Crippen LogP contribution in [0.2, 0.25) is 0 Å². The summed E-state index contributed by atoms with van der Waals surface area (Å²) in [5, 5.41) is 3.63. The third kappa shape index (κ3) is 0.775. The monoisotopic (exact) mass is 173 g/mol. The number of para-hydroxylation sites is 1. The van der Waals surface area contributed by atoms with E-state index in [-0.39, 0.29) is 0 Å². The maximum Gasteiger partial charge on any atom is 0.0378 e. The highest BCUT2D eigenvalue weighted by molar-refractivity contribution is 5.59. The molecule has 3 aliphatic rings. The normalized spacial score (nSPS) is 40.2. The first-order chi connectivity index (χ1) is 6.29. The Hall–Kier alpha value is -0.980. The number of hydrogen-bond acceptors (Lipinski definition) is 1. The Bertz CT molecular complexity index is 335. The average Bonchev–Trinajstić information content (AvgIpc) is 2.18. The lowest BCUT2D eigenvalue weighted by Crippen LogP contribution is -2.54. The molecule has 2 heterocycles. The fourth-order valence-corrected chi connectivity index (χ4v) is 3.19. The zero-order chi connectivity index (χ0) is 9.00. The van der Waals surface area contributed by atoms with Crippen LogP contribution in [0.1, 0.15) is 25.3 Å². The van der Waals surface area contributed by atoms with Crippen molar-refractivity contribution < 1.29 is 0 Å². The van der Waals surface area contributed by atoms with Gasteiger partial charge in [0.2, 0.25) is 0 Å². The summed E-state index contributed by atoms with van der Waals surface area (Å²) in [5.41, 5.74) is 2.90. The van der Waals surface area contributed by atoms with Gasteiger partial charge in [-0.25, -0.2) is 0 Å². The van der Waals surface area contributed by atoms with Gasteiger partial charge >= 0.3 is 0 Å². The van der Waals surface area contributed by atoms with Crippen molar-refractivity contribution in [2.24, 2.45) is 11.8 Å². The third-order valence-corrected chi connectivity index (χ3v) is 3.91. The van der Waals surface area contributed by atoms with E-state index in [1.807, 2.05) is 0 Å². The minimum absolute atomic E-state index is 0.722. The molecule has 2 aliphatic heterocycles. The number of rotatable bonds is 0. The standard InChI is InChI=1S/C12H15N/c1-7-11-8(2)12(7)13-10-6-4-3-5-9(10)11/h3-8,11-13H,1-2H3. The second-order valence-corrected chi connectivity index (χ2v) is 4.50. The minimum Gasteiger partial charge on any atom is -0.381 e. The molecule has 0 spiro atoms. The number of anilines is 1. The smallest absolute Gasteiger partial charge is 0.0378 e. The summed E-state index contributed by atoms with van der Waals surface area (Å²) in [7, 11) is 0. The minimum atomic E-state index is 0.722. The average molecular weight is 173 g/mol. The molecule has 13 heavy (non-hydrogen) atoms. The summed E-state index contributed by atoms with van der Waals surface area (Å²) in [6.07, 6.45) is 0. The molecular formula is C12H15N. The van der Waals surface area contributed by atoms with Gasteiger partial charge in [-0.2, -0.15) is 0 Å². The maximum absolute atomic E-state index is 3.63. The summed E-state index contributed by atoms with van der Waals surface area (Å²) in [6, 6.07) is 9.47. The van der Waals surface area contributed by atoms with Crippen LogP contribution in [0, 0.1) is 11.8 Å². The third-order valence-electron chi connectivity index (χ3n) is 3.91. The molecule has 1 aromatic carbocycles. The largest absolute Gasteiger partial charge is 0.381 e. The molecule has 1 fully saturated rings. The first-order valence-electron chi connectivity index (χ1n) is 5.14. The quantitative estimate of drug-likeness (QED) is 0.636. The maximum atomic E-state index is 3.63. The van der Waals surface area contributed by atoms with Crippen LogP contribution >= 0.6 is 0 Å². The predicted molar refractivity (Wildman–Crippen MR) is 54.9 cm³/mol. The van der Waals surface area contributed by atoms with Crippen LogP contribution in [-0.4, -0.2) is 6.04 Å². The first kappa shape index (κ1) is 7.43. The van der Waals surface area contributed by atoms with Crippen LogP contribution in [0.4, 0.5) is 5.69 Å². The van der Waals surface area contributed by atoms with Crippen molar-refractivity contribution >= 4 is 5.69 Å². The van der Waals surface area contributed by atoms with E-state index in [0.29, 0.717) is 0 Å². The molecule has 1 aromatic rings. The molecule has 2 unspecified atom stereocenters. The zero-order valence-electron chi connectivity index (χ0n) is 8.12. The summed E-state index contributed by atoms with van der Waals surface area (Å²) < 4.78 is 0. The molecule has 4 rings (SSSR count). The van der Waals surface area contributed by atoms with Crippen molar-refractivity contribution in [3.8, 4) is 0 Å². The Balaban J connectivity index is 2.11. The van der Waals surface area contributed by atoms with Gasteiger partial charge in [0.1, 0.15) is 0 Å². The summed E-state index contributed by atoms with van der Waals surface area (Å²) in [5.74, 6) is 2.46. The van der Waals surface area contributed by atoms with E-state index < -0.39 is 0 Å². The van der Waals surface area contributed by atoms with E-state index >= 15 is 0 Å². The van der Waals surface area contributed by atoms with Crippen molar-refractivity contribution in [3.63, 3.8) is 0 Å². The molecule has 1 N–H and O–H groups in total. The Morgan fingerprint density at radius 1 is 1.08 bits per heavy atom. The molecule has 2 bridgehead atoms. The van der Waals surface area contributed by atoms with Gasteiger partial charge in [-0.15, -0.1) is 0 Å². The zero-order valence-corrected chi connectivity index (χ0v) is 8.12. The molecule has 0 aromatic heterocycles. The van der Waals surface area contributed by atoms with E-state index in [0.717, 1.165) is 23.8 Å². The highest BCUT2D eigenvalue weighted by Crippen LogP contribution is 2.54. The number of nitrogens with one attached hydrogen (secondary N) is 1. The Labute approximate surface area is 79.2 Å². The molecule has 0 amide bonds. The van der Waals surface area contributed by atoms with Crippen molar-refractivity contribution in [1.82, 2.24) is 0 Å². The van der Waals surface area contributed by atoms with Gasteiger partial charge in [0, 0.05) is 11.7 Å². The Morgan fingerprint density at radius 2 is 1.77 bits per heavy atom. The summed E-state index contributed by atoms with van der Waals surface area (Å²) in [6.45, 7) is 4.72. The Morgan fingerprint density at radius 3 is 2.54 bits per heavy atom. The summed E-state index contributed by atoms with van der Waals surface area (Å²) >= 11 is 0. The molecule has 1 saturated carbocycles. The van der Waals surface area contributed by atoms with Gasteiger partial charge in [-0.1, -0.05) is 32.0 Å². The molecule has 2 atom stereocenters. The molecule has 0 saturated heterocycles. The van der Waals surface area contributed by atoms with Crippen molar-refractivity contribution in [2.45, 2.75) is 25.8 Å². The predicted octanol–water partition coefficient (Wildman–Crippen LogP) is 2.85. The summed E-state index contributed by atoms with van der Waals surface area (Å²) in [4.78, 5) is 0. The van der Waals surface area contributed by atoms with Gasteiger partial charge < -0.3 is 5.32 Å². The van der Waals surface area contributed by atoms with Crippen LogP contribution in [0.3, 0.4) is 0 Å². The van der Waals surface area contributed by atoms with Crippen LogP contribution in [0.5, 0.6) is 0 Å². The van der Waals surface area contributed by atoms with E-state index in [9.17, 15) is 0 Å². The molecule has 1 nitrogen and oxygen atoms in total. The number of hydrogen-bond donors (Lipinski definition) is 1. The van der Waals surface area contributed by atoms with Gasteiger partial charge in [0.25, 0.3) is 0 Å². The van der Waals surface area contributed by atoms with Crippen molar-refractivity contribution in [2.75, 3.05) is 5.32 Å². The van der Waals surface area contributed by atoms with Gasteiger partial charge in [0.05, 0.1) is 0 Å². The number of benzene rings is 1. The van der Waals surface area contributed by atoms with Crippen LogP contribution in [0.25, 0.3) is 0 Å². The SMILES string of the molecule is CC1C2Nc3ccccc3C1C2C. The van der Waals surface area contributed by atoms with Crippen LogP contribution in [0.15, 0.2) is 24.3 Å². The lowest BCUT2D eigenvalue weighted by atomic mass is 9.57. The second-order valence-electron chi connectivity index (χ2n) is 4.50. The molecular weight excluding hydrogens is 158 g/mol. The van der Waals surface area contributed by atoms with E-state index in [1.54, 1.807) is 0 Å².